The molecule has 3 rings (SSSR count). The second kappa shape index (κ2) is 7.01. The number of hydrogen-bond donors (Lipinski definition) is 2. The number of halogens is 1. The molecular formula is C15H18FN5OS. The molecule has 3 N–H and O–H groups in total. The van der Waals surface area contributed by atoms with Crippen LogP contribution in [-0.2, 0) is 4.79 Å². The smallest absolute Gasteiger partial charge is 0.231 e. The van der Waals surface area contributed by atoms with E-state index >= 15 is 0 Å². The van der Waals surface area contributed by atoms with Gasteiger partial charge in [-0.25, -0.2) is 14.4 Å². The van der Waals surface area contributed by atoms with Crippen LogP contribution in [0.15, 0.2) is 23.7 Å². The number of nitrogens with two attached hydrogens (primary N) is 1. The van der Waals surface area contributed by atoms with E-state index in [-0.39, 0.29) is 11.7 Å². The Morgan fingerprint density at radius 2 is 2.22 bits per heavy atom. The van der Waals surface area contributed by atoms with Crippen molar-refractivity contribution in [2.24, 2.45) is 5.73 Å². The summed E-state index contributed by atoms with van der Waals surface area (Å²) in [6, 6.07) is 2.94. The number of nitrogens with zero attached hydrogens (tertiary/aromatic N) is 3. The lowest BCUT2D eigenvalue weighted by Crippen LogP contribution is -2.39. The third kappa shape index (κ3) is 4.23. The molecule has 2 aromatic heterocycles. The van der Waals surface area contributed by atoms with Gasteiger partial charge in [-0.3, -0.25) is 9.69 Å². The fourth-order valence-corrected chi connectivity index (χ4v) is 3.50. The number of likely N-dealkylation sites (tertiary alicyclic amines) is 1. The van der Waals surface area contributed by atoms with Crippen LogP contribution in [0.3, 0.4) is 0 Å². The van der Waals surface area contributed by atoms with E-state index in [9.17, 15) is 9.18 Å². The number of pyridine rings is 1. The molecule has 0 bridgehead atoms. The minimum absolute atomic E-state index is 0.282. The first-order chi connectivity index (χ1) is 11.1. The number of rotatable bonds is 5. The zero-order valence-corrected chi connectivity index (χ0v) is 13.4. The van der Waals surface area contributed by atoms with Crippen LogP contribution in [0.4, 0.5) is 15.3 Å². The van der Waals surface area contributed by atoms with Crippen LogP contribution in [0.25, 0.3) is 0 Å². The van der Waals surface area contributed by atoms with Crippen LogP contribution in [-0.4, -0.2) is 40.4 Å². The molecule has 8 heteroatoms. The van der Waals surface area contributed by atoms with Gasteiger partial charge in [-0.1, -0.05) is 0 Å². The van der Waals surface area contributed by atoms with E-state index in [1.165, 1.54) is 23.6 Å². The van der Waals surface area contributed by atoms with Crippen LogP contribution in [0, 0.1) is 5.82 Å². The molecule has 0 atom stereocenters. The fraction of sp³-hybridized carbons (Fsp3) is 0.400. The number of primary amides is 1. The Morgan fingerprint density at radius 3 is 2.87 bits per heavy atom. The van der Waals surface area contributed by atoms with Gasteiger partial charge >= 0.3 is 0 Å². The first-order valence-electron chi connectivity index (χ1n) is 7.45. The van der Waals surface area contributed by atoms with Gasteiger partial charge in [-0.2, -0.15) is 0 Å². The van der Waals surface area contributed by atoms with Gasteiger partial charge in [-0.05, 0) is 38.1 Å². The fourth-order valence-electron chi connectivity index (χ4n) is 2.70. The highest BCUT2D eigenvalue weighted by Crippen LogP contribution is 2.31. The van der Waals surface area contributed by atoms with E-state index in [4.69, 9.17) is 5.73 Å². The lowest BCUT2D eigenvalue weighted by Gasteiger charge is -2.30. The van der Waals surface area contributed by atoms with E-state index in [1.54, 1.807) is 6.07 Å². The number of hydrogen-bond acceptors (Lipinski definition) is 6. The van der Waals surface area contributed by atoms with Crippen molar-refractivity contribution in [2.75, 3.05) is 25.0 Å². The minimum atomic E-state index is -0.363. The second-order valence-electron chi connectivity index (χ2n) is 5.58. The van der Waals surface area contributed by atoms with Crippen molar-refractivity contribution < 1.29 is 9.18 Å². The Kier molecular flexibility index (Phi) is 4.82. The number of carbonyl (C=O) groups is 1. The van der Waals surface area contributed by atoms with Crippen LogP contribution >= 0.6 is 11.3 Å². The second-order valence-corrected chi connectivity index (χ2v) is 6.44. The van der Waals surface area contributed by atoms with Crippen molar-refractivity contribution in [3.05, 3.63) is 35.2 Å². The molecule has 1 aliphatic heterocycles. The number of thiazole rings is 1. The summed E-state index contributed by atoms with van der Waals surface area (Å²) in [6.45, 7) is 2.04. The molecule has 6 nitrogen and oxygen atoms in total. The Bertz CT molecular complexity index is 667. The Labute approximate surface area is 137 Å². The number of amides is 1. The van der Waals surface area contributed by atoms with Gasteiger partial charge < -0.3 is 11.1 Å². The van der Waals surface area contributed by atoms with E-state index < -0.39 is 0 Å². The molecule has 1 amide bonds. The summed E-state index contributed by atoms with van der Waals surface area (Å²) in [5.74, 6) is 0.323. The number of carbonyl (C=O) groups excluding carboxylic acids is 1. The Hall–Kier alpha value is -2.06. The summed E-state index contributed by atoms with van der Waals surface area (Å²) in [4.78, 5) is 21.6. The molecule has 1 aliphatic rings. The maximum absolute atomic E-state index is 12.8. The Balaban J connectivity index is 1.57. The van der Waals surface area contributed by atoms with Crippen molar-refractivity contribution in [3.8, 4) is 0 Å². The van der Waals surface area contributed by atoms with Crippen LogP contribution < -0.4 is 11.1 Å². The lowest BCUT2D eigenvalue weighted by molar-refractivity contribution is -0.119. The molecule has 0 unspecified atom stereocenters. The van der Waals surface area contributed by atoms with E-state index in [1.807, 2.05) is 5.38 Å². The predicted octanol–water partition coefficient (Wildman–Crippen LogP) is 2.09. The van der Waals surface area contributed by atoms with E-state index in [0.717, 1.165) is 36.8 Å². The largest absolute Gasteiger partial charge is 0.369 e. The van der Waals surface area contributed by atoms with Crippen LogP contribution in [0.1, 0.15) is 24.5 Å². The van der Waals surface area contributed by atoms with Gasteiger partial charge in [0.25, 0.3) is 0 Å². The molecule has 23 heavy (non-hydrogen) atoms. The minimum Gasteiger partial charge on any atom is -0.369 e. The number of aromatic nitrogens is 2. The van der Waals surface area contributed by atoms with Gasteiger partial charge in [0.2, 0.25) is 5.91 Å². The molecule has 2 aromatic rings. The molecule has 0 radical (unpaired) electrons. The van der Waals surface area contributed by atoms with Crippen molar-refractivity contribution in [2.45, 2.75) is 18.8 Å². The Morgan fingerprint density at radius 1 is 1.43 bits per heavy atom. The topological polar surface area (TPSA) is 84.1 Å². The standard InChI is InChI=1S/C15H18FN5OS/c16-11-1-2-14(18-7-11)20-15-19-12(9-23-15)10-3-5-21(6-4-10)8-13(17)22/h1-2,7,9-10H,3-6,8H2,(H2,17,22)(H,18,19,20). The number of piperidine rings is 1. The molecule has 1 fully saturated rings. The molecule has 0 saturated carbocycles. The zero-order valence-electron chi connectivity index (χ0n) is 12.5. The summed E-state index contributed by atoms with van der Waals surface area (Å²) in [7, 11) is 0. The molecule has 0 aliphatic carbocycles. The van der Waals surface area contributed by atoms with Gasteiger partial charge in [0.05, 0.1) is 18.4 Å². The first kappa shape index (κ1) is 15.8. The quantitative estimate of drug-likeness (QED) is 0.874. The molecule has 122 valence electrons. The molecular weight excluding hydrogens is 317 g/mol. The van der Waals surface area contributed by atoms with Gasteiger partial charge in [0, 0.05) is 11.3 Å². The van der Waals surface area contributed by atoms with Crippen LogP contribution in [0.2, 0.25) is 0 Å². The zero-order chi connectivity index (χ0) is 16.2. The number of anilines is 2. The average Bonchev–Trinajstić information content (AvgIpc) is 2.98. The highest BCUT2D eigenvalue weighted by atomic mass is 32.1. The SMILES string of the molecule is NC(=O)CN1CCC(c2csc(Nc3ccc(F)cn3)n2)CC1. The highest BCUT2D eigenvalue weighted by molar-refractivity contribution is 7.13. The predicted molar refractivity (Wildman–Crippen MR) is 87.2 cm³/mol. The summed E-state index contributed by atoms with van der Waals surface area (Å²) in [6.07, 6.45) is 3.10. The molecule has 0 aromatic carbocycles. The van der Waals surface area contributed by atoms with E-state index in [0.29, 0.717) is 18.3 Å². The molecule has 0 spiro atoms. The monoisotopic (exact) mass is 335 g/mol. The third-order valence-corrected chi connectivity index (χ3v) is 4.65. The normalized spacial score (nSPS) is 16.4. The van der Waals surface area contributed by atoms with Gasteiger partial charge in [0.15, 0.2) is 5.13 Å². The van der Waals surface area contributed by atoms with Crippen molar-refractivity contribution in [3.63, 3.8) is 0 Å². The highest BCUT2D eigenvalue weighted by Gasteiger charge is 2.23. The third-order valence-electron chi connectivity index (χ3n) is 3.87. The first-order valence-corrected chi connectivity index (χ1v) is 8.33. The number of nitrogens with one attached hydrogen (secondary N) is 1. The summed E-state index contributed by atoms with van der Waals surface area (Å²) in [5.41, 5.74) is 6.28. The average molecular weight is 335 g/mol. The van der Waals surface area contributed by atoms with Crippen LogP contribution in [0.5, 0.6) is 0 Å². The van der Waals surface area contributed by atoms with Gasteiger partial charge in [-0.15, -0.1) is 11.3 Å². The van der Waals surface area contributed by atoms with Crippen molar-refractivity contribution in [1.82, 2.24) is 14.9 Å². The van der Waals surface area contributed by atoms with Crippen molar-refractivity contribution in [1.29, 1.82) is 0 Å². The van der Waals surface area contributed by atoms with Gasteiger partial charge in [0.1, 0.15) is 11.6 Å². The molecule has 1 saturated heterocycles. The summed E-state index contributed by atoms with van der Waals surface area (Å²) >= 11 is 1.51. The molecule has 3 heterocycles. The maximum atomic E-state index is 12.8. The summed E-state index contributed by atoms with van der Waals surface area (Å²) < 4.78 is 12.8. The van der Waals surface area contributed by atoms with E-state index in [2.05, 4.69) is 20.2 Å². The van der Waals surface area contributed by atoms with Crippen molar-refractivity contribution >= 4 is 28.2 Å². The maximum Gasteiger partial charge on any atom is 0.231 e. The summed E-state index contributed by atoms with van der Waals surface area (Å²) in [5, 5.41) is 5.87. The lowest BCUT2D eigenvalue weighted by atomic mass is 9.94.